The van der Waals surface area contributed by atoms with Crippen LogP contribution in [-0.4, -0.2) is 135 Å². The van der Waals surface area contributed by atoms with E-state index in [0.717, 1.165) is 17.4 Å². The lowest BCUT2D eigenvalue weighted by molar-refractivity contribution is -0.142. The molecule has 2 atom stereocenters. The lowest BCUT2D eigenvalue weighted by atomic mass is 9.98. The summed E-state index contributed by atoms with van der Waals surface area (Å²) in [6.45, 7) is 3.58. The van der Waals surface area contributed by atoms with Gasteiger partial charge in [-0.15, -0.1) is 0 Å². The van der Waals surface area contributed by atoms with E-state index >= 15 is 0 Å². The largest absolute Gasteiger partial charge is 0.480 e. The molecule has 17 heteroatoms. The van der Waals surface area contributed by atoms with E-state index < -0.39 is 46.6 Å². The van der Waals surface area contributed by atoms with Crippen molar-refractivity contribution >= 4 is 57.2 Å². The molecule has 1 aromatic rings. The molecule has 4 rings (SSSR count). The number of piperazine rings is 1. The van der Waals surface area contributed by atoms with Crippen molar-refractivity contribution in [1.29, 1.82) is 0 Å². The number of likely N-dealkylation sites (tertiary alicyclic amines) is 1. The molecule has 0 saturated carbocycles. The van der Waals surface area contributed by atoms with Gasteiger partial charge in [0.25, 0.3) is 0 Å². The Hall–Kier alpha value is -2.85. The van der Waals surface area contributed by atoms with E-state index in [0.29, 0.717) is 45.4 Å². The second kappa shape index (κ2) is 15.0. The number of benzene rings is 1. The Bertz CT molecular complexity index is 1320. The summed E-state index contributed by atoms with van der Waals surface area (Å²) in [5.74, 6) is -2.06. The molecular formula is C27H38Cl2N6O8S. The molecule has 3 fully saturated rings. The van der Waals surface area contributed by atoms with Crippen LogP contribution in [-0.2, 0) is 24.3 Å². The van der Waals surface area contributed by atoms with E-state index in [1.165, 1.54) is 18.2 Å². The number of likely N-dealkylation sites (N-methyl/N-ethyl adjacent to an activating group) is 1. The number of nitrogens with one attached hydrogen (secondary N) is 2. The molecule has 3 aliphatic rings. The van der Waals surface area contributed by atoms with Crippen molar-refractivity contribution in [2.24, 2.45) is 5.92 Å². The number of ether oxygens (including phenoxy) is 1. The van der Waals surface area contributed by atoms with Crippen LogP contribution < -0.4 is 10.6 Å². The van der Waals surface area contributed by atoms with Crippen molar-refractivity contribution in [1.82, 2.24) is 29.6 Å². The smallest absolute Gasteiger partial charge is 0.409 e. The first-order valence-electron chi connectivity index (χ1n) is 14.5. The third kappa shape index (κ3) is 8.65. The summed E-state index contributed by atoms with van der Waals surface area (Å²) in [6.07, 6.45) is 1.49. The monoisotopic (exact) mass is 676 g/mol. The van der Waals surface area contributed by atoms with Crippen LogP contribution in [0, 0.1) is 5.92 Å². The molecule has 0 bridgehead atoms. The Morgan fingerprint density at radius 1 is 0.955 bits per heavy atom. The van der Waals surface area contributed by atoms with Gasteiger partial charge in [0.1, 0.15) is 12.1 Å². The van der Waals surface area contributed by atoms with Crippen LogP contribution in [0.4, 0.5) is 9.59 Å². The Morgan fingerprint density at radius 3 is 2.20 bits per heavy atom. The SMILES string of the molecule is CN1CCN(C(=O)OCC2CCN(C(=O)NC[C@H](NC(=O)[C@@H]3CCCN3S(=O)(=O)c3cc(Cl)cc(Cl)c3)C(=O)O)CC2)CC1. The molecule has 3 N–H and O–H groups in total. The molecule has 4 amide bonds. The zero-order valence-electron chi connectivity index (χ0n) is 24.4. The predicted octanol–water partition coefficient (Wildman–Crippen LogP) is 1.52. The van der Waals surface area contributed by atoms with Crippen LogP contribution >= 0.6 is 23.2 Å². The number of hydrogen-bond donors (Lipinski definition) is 3. The number of aliphatic carboxylic acids is 1. The molecule has 0 aliphatic carbocycles. The zero-order valence-corrected chi connectivity index (χ0v) is 26.7. The molecule has 0 aromatic heterocycles. The van der Waals surface area contributed by atoms with Gasteiger partial charge < -0.3 is 35.2 Å². The van der Waals surface area contributed by atoms with Gasteiger partial charge in [0.05, 0.1) is 18.0 Å². The summed E-state index contributed by atoms with van der Waals surface area (Å²) in [5.41, 5.74) is 0. The van der Waals surface area contributed by atoms with Gasteiger partial charge in [0.2, 0.25) is 15.9 Å². The van der Waals surface area contributed by atoms with E-state index in [4.69, 9.17) is 27.9 Å². The minimum Gasteiger partial charge on any atom is -0.480 e. The standard InChI is InChI=1S/C27H38Cl2N6O8S/c1-32-9-11-34(12-10-32)27(40)43-17-18-4-7-33(8-5-18)26(39)30-16-22(25(37)38)31-24(36)23-3-2-6-35(23)44(41,42)21-14-19(28)13-20(29)15-21/h13-15,18,22-23H,2-12,16-17H2,1H3,(H,30,39)(H,31,36)(H,37,38)/t22-,23-/m0/s1. The normalized spacial score (nSPS) is 21.1. The van der Waals surface area contributed by atoms with Crippen molar-refractivity contribution in [3.63, 3.8) is 0 Å². The first kappa shape index (κ1) is 34.0. The maximum absolute atomic E-state index is 13.3. The van der Waals surface area contributed by atoms with Crippen molar-refractivity contribution in [3.05, 3.63) is 28.2 Å². The van der Waals surface area contributed by atoms with Crippen LogP contribution in [0.3, 0.4) is 0 Å². The predicted molar refractivity (Wildman–Crippen MR) is 161 cm³/mol. The fourth-order valence-corrected chi connectivity index (χ4v) is 7.83. The molecule has 1 aromatic carbocycles. The molecule has 0 unspecified atom stereocenters. The number of piperidine rings is 1. The lowest BCUT2D eigenvalue weighted by Gasteiger charge is -2.34. The van der Waals surface area contributed by atoms with E-state index in [1.807, 2.05) is 7.05 Å². The van der Waals surface area contributed by atoms with Gasteiger partial charge in [0, 0.05) is 55.9 Å². The lowest BCUT2D eigenvalue weighted by Crippen LogP contribution is -2.55. The van der Waals surface area contributed by atoms with Crippen molar-refractivity contribution in [2.45, 2.75) is 42.7 Å². The van der Waals surface area contributed by atoms with E-state index in [2.05, 4.69) is 15.5 Å². The van der Waals surface area contributed by atoms with Crippen molar-refractivity contribution < 1.29 is 37.4 Å². The topological polar surface area (TPSA) is 169 Å². The number of sulfonamides is 1. The van der Waals surface area contributed by atoms with E-state index in [9.17, 15) is 32.7 Å². The maximum Gasteiger partial charge on any atom is 0.409 e. The number of carbonyl (C=O) groups is 4. The van der Waals surface area contributed by atoms with Gasteiger partial charge in [-0.3, -0.25) is 4.79 Å². The molecule has 3 heterocycles. The summed E-state index contributed by atoms with van der Waals surface area (Å²) < 4.78 is 33.0. The quantitative estimate of drug-likeness (QED) is 0.351. The Morgan fingerprint density at radius 2 is 1.59 bits per heavy atom. The molecule has 3 saturated heterocycles. The zero-order chi connectivity index (χ0) is 32.0. The highest BCUT2D eigenvalue weighted by Crippen LogP contribution is 2.30. The fraction of sp³-hybridized carbons (Fsp3) is 0.630. The number of urea groups is 1. The van der Waals surface area contributed by atoms with E-state index in [1.54, 1.807) is 9.80 Å². The van der Waals surface area contributed by atoms with Gasteiger partial charge in [-0.2, -0.15) is 4.31 Å². The number of rotatable bonds is 9. The average Bonchev–Trinajstić information content (AvgIpc) is 3.49. The number of hydrogen-bond acceptors (Lipinski definition) is 8. The van der Waals surface area contributed by atoms with Gasteiger partial charge in [-0.25, -0.2) is 22.8 Å². The minimum absolute atomic E-state index is 0.0596. The number of carboxylic acid groups (broad SMARTS) is 1. The van der Waals surface area contributed by atoms with Crippen molar-refractivity contribution in [2.75, 3.05) is 66.0 Å². The molecule has 3 aliphatic heterocycles. The van der Waals surface area contributed by atoms with Crippen LogP contribution in [0.1, 0.15) is 25.7 Å². The number of amides is 4. The minimum atomic E-state index is -4.15. The van der Waals surface area contributed by atoms with Crippen LogP contribution in [0.5, 0.6) is 0 Å². The summed E-state index contributed by atoms with van der Waals surface area (Å²) in [7, 11) is -2.14. The van der Waals surface area contributed by atoms with Gasteiger partial charge in [-0.1, -0.05) is 23.2 Å². The molecule has 14 nitrogen and oxygen atoms in total. The summed E-state index contributed by atoms with van der Waals surface area (Å²) >= 11 is 11.9. The third-order valence-corrected chi connectivity index (χ3v) is 10.4. The third-order valence-electron chi connectivity index (χ3n) is 8.13. The first-order valence-corrected chi connectivity index (χ1v) is 16.7. The number of carboxylic acids is 1. The Kier molecular flexibility index (Phi) is 11.6. The van der Waals surface area contributed by atoms with Crippen LogP contribution in [0.25, 0.3) is 0 Å². The summed E-state index contributed by atoms with van der Waals surface area (Å²) in [6, 6.07) is 0.743. The molecule has 0 spiro atoms. The highest BCUT2D eigenvalue weighted by molar-refractivity contribution is 7.89. The van der Waals surface area contributed by atoms with Crippen LogP contribution in [0.2, 0.25) is 10.0 Å². The number of nitrogens with zero attached hydrogens (tertiary/aromatic N) is 4. The number of halogens is 2. The Labute approximate surface area is 266 Å². The molecule has 44 heavy (non-hydrogen) atoms. The Balaban J connectivity index is 1.24. The van der Waals surface area contributed by atoms with Gasteiger partial charge >= 0.3 is 18.1 Å². The molecular weight excluding hydrogens is 639 g/mol. The number of carbonyl (C=O) groups excluding carboxylic acids is 3. The summed E-state index contributed by atoms with van der Waals surface area (Å²) in [4.78, 5) is 55.3. The second-order valence-electron chi connectivity index (χ2n) is 11.3. The molecule has 0 radical (unpaired) electrons. The highest BCUT2D eigenvalue weighted by atomic mass is 35.5. The maximum atomic E-state index is 13.3. The van der Waals surface area contributed by atoms with Crippen LogP contribution in [0.15, 0.2) is 23.1 Å². The first-order chi connectivity index (χ1) is 20.8. The highest BCUT2D eigenvalue weighted by Gasteiger charge is 2.41. The molecule has 244 valence electrons. The second-order valence-corrected chi connectivity index (χ2v) is 14.0. The van der Waals surface area contributed by atoms with Crippen molar-refractivity contribution in [3.8, 4) is 0 Å². The summed E-state index contributed by atoms with van der Waals surface area (Å²) in [5, 5.41) is 14.9. The van der Waals surface area contributed by atoms with Gasteiger partial charge in [-0.05, 0) is 56.8 Å². The fourth-order valence-electron chi connectivity index (χ4n) is 5.44. The van der Waals surface area contributed by atoms with Gasteiger partial charge in [0.15, 0.2) is 0 Å². The average molecular weight is 678 g/mol. The van der Waals surface area contributed by atoms with E-state index in [-0.39, 0.29) is 46.5 Å².